The number of rotatable bonds is 5. The molecule has 3 N–H and O–H groups in total. The molecule has 0 amide bonds. The minimum Gasteiger partial charge on any atom is -0.493 e. The summed E-state index contributed by atoms with van der Waals surface area (Å²) in [7, 11) is 0. The molecule has 1 atom stereocenters. The van der Waals surface area contributed by atoms with Gasteiger partial charge in [-0.25, -0.2) is 14.8 Å². The minimum atomic E-state index is -0.829. The molecule has 140 valence electrons. The van der Waals surface area contributed by atoms with Crippen molar-refractivity contribution in [1.82, 2.24) is 19.9 Å². The molecule has 0 aliphatic carbocycles. The third kappa shape index (κ3) is 3.01. The van der Waals surface area contributed by atoms with E-state index in [1.807, 2.05) is 17.9 Å². The molecule has 27 heavy (non-hydrogen) atoms. The zero-order valence-electron chi connectivity index (χ0n) is 14.7. The summed E-state index contributed by atoms with van der Waals surface area (Å²) in [5.74, 6) is 0.0550. The first-order valence-electron chi connectivity index (χ1n) is 8.78. The number of carboxylic acid groups (broad SMARTS) is 1. The second-order valence-electron chi connectivity index (χ2n) is 6.32. The van der Waals surface area contributed by atoms with E-state index in [-0.39, 0.29) is 5.56 Å². The smallest absolute Gasteiger partial charge is 0.326 e. The highest BCUT2D eigenvalue weighted by atomic mass is 16.5. The van der Waals surface area contributed by atoms with Gasteiger partial charge in [0.25, 0.3) is 5.56 Å². The zero-order chi connectivity index (χ0) is 19.0. The number of carbonyl (C=O) groups is 1. The van der Waals surface area contributed by atoms with Gasteiger partial charge in [0.1, 0.15) is 17.6 Å². The van der Waals surface area contributed by atoms with Crippen LogP contribution in [-0.4, -0.2) is 50.2 Å². The number of nitrogens with zero attached hydrogens (tertiary/aromatic N) is 3. The van der Waals surface area contributed by atoms with Gasteiger partial charge in [-0.15, -0.1) is 0 Å². The van der Waals surface area contributed by atoms with Crippen LogP contribution in [0.4, 0.5) is 5.69 Å². The quantitative estimate of drug-likeness (QED) is 0.626. The van der Waals surface area contributed by atoms with E-state index in [0.717, 1.165) is 12.1 Å². The number of carboxylic acids is 1. The fraction of sp³-hybridized carbons (Fsp3) is 0.333. The lowest BCUT2D eigenvalue weighted by molar-refractivity contribution is -0.138. The summed E-state index contributed by atoms with van der Waals surface area (Å²) in [5, 5.41) is 9.43. The van der Waals surface area contributed by atoms with Gasteiger partial charge in [-0.2, -0.15) is 0 Å². The monoisotopic (exact) mass is 369 g/mol. The number of ether oxygens (including phenoxy) is 1. The molecule has 0 spiro atoms. The molecule has 4 rings (SSSR count). The third-order valence-electron chi connectivity index (χ3n) is 4.69. The number of aliphatic carboxylic acids is 1. The number of H-pyrrole nitrogens is 2. The number of imidazole rings is 1. The van der Waals surface area contributed by atoms with Crippen molar-refractivity contribution in [2.75, 3.05) is 18.1 Å². The van der Waals surface area contributed by atoms with Gasteiger partial charge in [0.15, 0.2) is 11.2 Å². The first-order valence-corrected chi connectivity index (χ1v) is 8.78. The summed E-state index contributed by atoms with van der Waals surface area (Å²) < 4.78 is 5.76. The van der Waals surface area contributed by atoms with Crippen LogP contribution in [0.3, 0.4) is 0 Å². The van der Waals surface area contributed by atoms with Crippen LogP contribution in [0.1, 0.15) is 19.8 Å². The summed E-state index contributed by atoms with van der Waals surface area (Å²) in [4.78, 5) is 39.5. The van der Waals surface area contributed by atoms with Crippen molar-refractivity contribution >= 4 is 22.8 Å². The molecule has 9 heteroatoms. The molecule has 0 unspecified atom stereocenters. The van der Waals surface area contributed by atoms with Crippen molar-refractivity contribution in [3.05, 3.63) is 34.9 Å². The predicted octanol–water partition coefficient (Wildman–Crippen LogP) is 1.77. The number of anilines is 1. The van der Waals surface area contributed by atoms with Gasteiger partial charge in [0.05, 0.1) is 18.5 Å². The van der Waals surface area contributed by atoms with Crippen LogP contribution < -0.4 is 15.2 Å². The first-order chi connectivity index (χ1) is 13.1. The molecule has 3 aromatic rings. The lowest BCUT2D eigenvalue weighted by Gasteiger charge is -2.24. The van der Waals surface area contributed by atoms with Crippen LogP contribution in [0.15, 0.2) is 29.3 Å². The second kappa shape index (κ2) is 6.75. The number of aromatic nitrogens is 4. The van der Waals surface area contributed by atoms with Crippen LogP contribution in [0.5, 0.6) is 5.75 Å². The van der Waals surface area contributed by atoms with Crippen molar-refractivity contribution in [2.45, 2.75) is 25.8 Å². The lowest BCUT2D eigenvalue weighted by atomic mass is 10.1. The van der Waals surface area contributed by atoms with Crippen LogP contribution in [0.25, 0.3) is 22.6 Å². The Bertz CT molecular complexity index is 1060. The number of hydrogen-bond acceptors (Lipinski definition) is 6. The van der Waals surface area contributed by atoms with Gasteiger partial charge in [0, 0.05) is 18.3 Å². The van der Waals surface area contributed by atoms with E-state index < -0.39 is 12.0 Å². The Kier molecular flexibility index (Phi) is 4.27. The standard InChI is InChI=1S/C18H19N5O4/c1-2-27-13-8-10(23-7-3-4-12(23)18(25)26)5-6-11(13)15-21-16-14(17(24)22-15)19-9-20-16/h5-6,8-9,12H,2-4,7H2,1H3,(H,25,26)(H2,19,20,21,22,24)/t12-/m0/s1. The number of hydrogen-bond donors (Lipinski definition) is 3. The molecule has 1 saturated heterocycles. The van der Waals surface area contributed by atoms with Gasteiger partial charge in [-0.1, -0.05) is 0 Å². The average Bonchev–Trinajstić information content (AvgIpc) is 3.31. The molecule has 0 bridgehead atoms. The first kappa shape index (κ1) is 17.1. The third-order valence-corrected chi connectivity index (χ3v) is 4.69. The van der Waals surface area contributed by atoms with E-state index >= 15 is 0 Å². The second-order valence-corrected chi connectivity index (χ2v) is 6.32. The molecule has 3 heterocycles. The molecular formula is C18H19N5O4. The van der Waals surface area contributed by atoms with Crippen molar-refractivity contribution in [3.63, 3.8) is 0 Å². The van der Waals surface area contributed by atoms with E-state index in [1.165, 1.54) is 6.33 Å². The maximum atomic E-state index is 12.2. The fourth-order valence-electron chi connectivity index (χ4n) is 3.46. The Morgan fingerprint density at radius 3 is 3.07 bits per heavy atom. The molecule has 1 aliphatic rings. The van der Waals surface area contributed by atoms with Crippen LogP contribution >= 0.6 is 0 Å². The highest BCUT2D eigenvalue weighted by molar-refractivity contribution is 5.80. The Balaban J connectivity index is 1.79. The molecule has 1 aliphatic heterocycles. The molecule has 0 radical (unpaired) electrons. The van der Waals surface area contributed by atoms with Crippen molar-refractivity contribution in [3.8, 4) is 17.1 Å². The topological polar surface area (TPSA) is 124 Å². The molecule has 0 saturated carbocycles. The Hall–Kier alpha value is -3.36. The van der Waals surface area contributed by atoms with E-state index in [9.17, 15) is 14.7 Å². The summed E-state index contributed by atoms with van der Waals surface area (Å²) >= 11 is 0. The van der Waals surface area contributed by atoms with Crippen LogP contribution in [-0.2, 0) is 4.79 Å². The lowest BCUT2D eigenvalue weighted by Crippen LogP contribution is -2.35. The summed E-state index contributed by atoms with van der Waals surface area (Å²) in [6.45, 7) is 2.96. The molecule has 1 aromatic carbocycles. The number of aromatic amines is 2. The summed E-state index contributed by atoms with van der Waals surface area (Å²) in [5.41, 5.74) is 1.72. The maximum absolute atomic E-state index is 12.2. The number of benzene rings is 1. The summed E-state index contributed by atoms with van der Waals surface area (Å²) in [6, 6.07) is 4.88. The largest absolute Gasteiger partial charge is 0.493 e. The Labute approximate surface area is 154 Å². The predicted molar refractivity (Wildman–Crippen MR) is 99.1 cm³/mol. The fourth-order valence-corrected chi connectivity index (χ4v) is 3.46. The zero-order valence-corrected chi connectivity index (χ0v) is 14.7. The molecular weight excluding hydrogens is 350 g/mol. The SMILES string of the molecule is CCOc1cc(N2CCC[C@H]2C(=O)O)ccc1-c1nc2nc[nH]c2c(=O)[nH]1. The minimum absolute atomic E-state index is 0.315. The highest BCUT2D eigenvalue weighted by Gasteiger charge is 2.31. The normalized spacial score (nSPS) is 16.8. The van der Waals surface area contributed by atoms with Gasteiger partial charge >= 0.3 is 5.97 Å². The average molecular weight is 369 g/mol. The van der Waals surface area contributed by atoms with Gasteiger partial charge < -0.3 is 24.7 Å². The van der Waals surface area contributed by atoms with Crippen molar-refractivity contribution in [1.29, 1.82) is 0 Å². The van der Waals surface area contributed by atoms with Gasteiger partial charge in [-0.05, 0) is 31.9 Å². The van der Waals surface area contributed by atoms with Crippen LogP contribution in [0, 0.1) is 0 Å². The van der Waals surface area contributed by atoms with E-state index in [4.69, 9.17) is 4.74 Å². The van der Waals surface area contributed by atoms with Gasteiger partial charge in [0.2, 0.25) is 0 Å². The number of nitrogens with one attached hydrogen (secondary N) is 2. The Morgan fingerprint density at radius 1 is 1.44 bits per heavy atom. The van der Waals surface area contributed by atoms with Gasteiger partial charge in [-0.3, -0.25) is 4.79 Å². The van der Waals surface area contributed by atoms with Crippen molar-refractivity contribution in [2.24, 2.45) is 0 Å². The number of fused-ring (bicyclic) bond motifs is 1. The van der Waals surface area contributed by atoms with Crippen molar-refractivity contribution < 1.29 is 14.6 Å². The molecule has 2 aromatic heterocycles. The van der Waals surface area contributed by atoms with E-state index in [0.29, 0.717) is 47.9 Å². The molecule has 1 fully saturated rings. The Morgan fingerprint density at radius 2 is 2.30 bits per heavy atom. The van der Waals surface area contributed by atoms with E-state index in [2.05, 4.69) is 19.9 Å². The summed E-state index contributed by atoms with van der Waals surface area (Å²) in [6.07, 6.45) is 2.86. The molecule has 9 nitrogen and oxygen atoms in total. The van der Waals surface area contributed by atoms with E-state index in [1.54, 1.807) is 12.1 Å². The van der Waals surface area contributed by atoms with Crippen LogP contribution in [0.2, 0.25) is 0 Å². The maximum Gasteiger partial charge on any atom is 0.326 e. The highest BCUT2D eigenvalue weighted by Crippen LogP contribution is 2.34.